The van der Waals surface area contributed by atoms with E-state index >= 15 is 0 Å². The van der Waals surface area contributed by atoms with Crippen molar-refractivity contribution in [1.82, 2.24) is 10.3 Å². The molecule has 5 fully saturated rings. The number of ether oxygens (including phenoxy) is 1. The number of nitrogens with one attached hydrogen (secondary N) is 1. The minimum absolute atomic E-state index is 0.124. The molecule has 7 nitrogen and oxygen atoms in total. The van der Waals surface area contributed by atoms with Crippen molar-refractivity contribution < 1.29 is 19.0 Å². The van der Waals surface area contributed by atoms with E-state index in [-0.39, 0.29) is 29.6 Å². The Balaban J connectivity index is 1.12. The third-order valence-electron chi connectivity index (χ3n) is 8.93. The molecule has 2 unspecified atom stereocenters. The second-order valence-electron chi connectivity index (χ2n) is 11.4. The van der Waals surface area contributed by atoms with Gasteiger partial charge in [0.1, 0.15) is 11.5 Å². The van der Waals surface area contributed by atoms with Gasteiger partial charge in [0.15, 0.2) is 11.6 Å². The number of hydrogen-bond donors (Lipinski definition) is 2. The molecule has 2 aromatic rings. The number of nitrogens with zero attached hydrogens (tertiary/aromatic N) is 3. The molecule has 8 heteroatoms. The van der Waals surface area contributed by atoms with Crippen molar-refractivity contribution in [2.24, 2.45) is 17.8 Å². The van der Waals surface area contributed by atoms with Gasteiger partial charge < -0.3 is 25.0 Å². The summed E-state index contributed by atoms with van der Waals surface area (Å²) in [5, 5.41) is 14.1. The molecule has 7 rings (SSSR count). The normalized spacial score (nSPS) is 33.1. The van der Waals surface area contributed by atoms with Crippen LogP contribution in [0.4, 0.5) is 15.9 Å². The van der Waals surface area contributed by atoms with Crippen LogP contribution in [0.15, 0.2) is 36.4 Å². The molecule has 1 aromatic heterocycles. The Morgan fingerprint density at radius 2 is 1.94 bits per heavy atom. The Morgan fingerprint density at radius 1 is 1.17 bits per heavy atom. The fourth-order valence-corrected chi connectivity index (χ4v) is 7.54. The lowest BCUT2D eigenvalue weighted by molar-refractivity contribution is -0.136. The molecule has 1 aromatic carbocycles. The average molecular weight is 495 g/mol. The summed E-state index contributed by atoms with van der Waals surface area (Å²) in [4.78, 5) is 22.4. The molecular formula is C28H35FN4O3. The number of benzene rings is 1. The fourth-order valence-electron chi connectivity index (χ4n) is 7.54. The molecule has 1 amide bonds. The van der Waals surface area contributed by atoms with Gasteiger partial charge in [0.2, 0.25) is 0 Å². The molecule has 5 aliphatic rings. The van der Waals surface area contributed by atoms with E-state index in [9.17, 15) is 14.3 Å². The number of hydrogen-bond acceptors (Lipinski definition) is 6. The van der Waals surface area contributed by atoms with Crippen molar-refractivity contribution in [2.45, 2.75) is 56.7 Å². The van der Waals surface area contributed by atoms with Crippen LogP contribution in [0.1, 0.15) is 49.5 Å². The lowest BCUT2D eigenvalue weighted by Gasteiger charge is -2.58. The van der Waals surface area contributed by atoms with Crippen LogP contribution in [-0.4, -0.2) is 60.4 Å². The van der Waals surface area contributed by atoms with Gasteiger partial charge in [0.05, 0.1) is 12.7 Å². The minimum Gasteiger partial charge on any atom is -0.494 e. The first-order valence-electron chi connectivity index (χ1n) is 13.2. The smallest absolute Gasteiger partial charge is 0.270 e. The summed E-state index contributed by atoms with van der Waals surface area (Å²) < 4.78 is 19.3. The Morgan fingerprint density at radius 3 is 2.61 bits per heavy atom. The van der Waals surface area contributed by atoms with Crippen LogP contribution in [0.3, 0.4) is 0 Å². The van der Waals surface area contributed by atoms with Gasteiger partial charge in [-0.3, -0.25) is 4.79 Å². The van der Waals surface area contributed by atoms with E-state index in [1.807, 2.05) is 18.2 Å². The number of amides is 1. The highest BCUT2D eigenvalue weighted by atomic mass is 19.1. The molecule has 3 atom stereocenters. The molecule has 1 saturated heterocycles. The molecular weight excluding hydrogens is 459 g/mol. The zero-order chi connectivity index (χ0) is 25.0. The SMILES string of the molecule is COc1ccc(N2CCN(c3cccc(C(=O)NC4C5CC6CC4CC(O)(C6)C5)n3)[C@H](C)C2)cc1F. The van der Waals surface area contributed by atoms with Gasteiger partial charge in [-0.15, -0.1) is 0 Å². The zero-order valence-electron chi connectivity index (χ0n) is 21.0. The highest BCUT2D eigenvalue weighted by Gasteiger charge is 2.55. The van der Waals surface area contributed by atoms with Crippen molar-refractivity contribution in [3.05, 3.63) is 47.9 Å². The van der Waals surface area contributed by atoms with Crippen molar-refractivity contribution in [1.29, 1.82) is 0 Å². The number of rotatable bonds is 5. The van der Waals surface area contributed by atoms with Crippen molar-refractivity contribution >= 4 is 17.4 Å². The van der Waals surface area contributed by atoms with Gasteiger partial charge in [0, 0.05) is 43.5 Å². The van der Waals surface area contributed by atoms with E-state index in [2.05, 4.69) is 22.0 Å². The van der Waals surface area contributed by atoms with E-state index in [1.165, 1.54) is 13.2 Å². The number of halogens is 1. The van der Waals surface area contributed by atoms with Gasteiger partial charge in [-0.1, -0.05) is 6.07 Å². The first kappa shape index (κ1) is 23.5. The van der Waals surface area contributed by atoms with Crippen molar-refractivity contribution in [3.63, 3.8) is 0 Å². The van der Waals surface area contributed by atoms with Crippen LogP contribution in [0.25, 0.3) is 0 Å². The number of aromatic nitrogens is 1. The minimum atomic E-state index is -0.508. The summed E-state index contributed by atoms with van der Waals surface area (Å²) in [5.74, 6) is 1.88. The Hall–Kier alpha value is -2.87. The van der Waals surface area contributed by atoms with Gasteiger partial charge in [0.25, 0.3) is 5.91 Å². The maximum Gasteiger partial charge on any atom is 0.270 e. The number of pyridine rings is 1. The number of aliphatic hydroxyl groups is 1. The van der Waals surface area contributed by atoms with Crippen LogP contribution in [0.2, 0.25) is 0 Å². The average Bonchev–Trinajstić information content (AvgIpc) is 2.85. The predicted molar refractivity (Wildman–Crippen MR) is 136 cm³/mol. The number of carbonyl (C=O) groups excluding carboxylic acids is 1. The topological polar surface area (TPSA) is 77.9 Å². The van der Waals surface area contributed by atoms with E-state index < -0.39 is 5.60 Å². The fraction of sp³-hybridized carbons (Fsp3) is 0.571. The molecule has 2 heterocycles. The summed E-state index contributed by atoms with van der Waals surface area (Å²) in [7, 11) is 1.47. The highest BCUT2D eigenvalue weighted by molar-refractivity contribution is 5.93. The standard InChI is InChI=1S/C28H35FN4O3/c1-17-16-32(21-6-7-24(36-2)22(29)12-21)8-9-33(17)25-5-3-4-23(30-25)27(34)31-26-19-10-18-11-20(26)15-28(35,13-18)14-19/h3-7,12,17-20,26,35H,8-11,13-16H2,1-2H3,(H,31,34)/t17-,18?,19?,20?,26?,28?/m1/s1. The molecule has 0 radical (unpaired) electrons. The first-order chi connectivity index (χ1) is 17.3. The Kier molecular flexibility index (Phi) is 5.82. The van der Waals surface area contributed by atoms with Crippen LogP contribution < -0.4 is 19.9 Å². The summed E-state index contributed by atoms with van der Waals surface area (Å²) in [5.41, 5.74) is 0.763. The van der Waals surface area contributed by atoms with Gasteiger partial charge in [-0.2, -0.15) is 0 Å². The monoisotopic (exact) mass is 494 g/mol. The molecule has 4 aliphatic carbocycles. The van der Waals surface area contributed by atoms with Crippen LogP contribution in [-0.2, 0) is 0 Å². The highest BCUT2D eigenvalue weighted by Crippen LogP contribution is 2.55. The third-order valence-corrected chi connectivity index (χ3v) is 8.93. The predicted octanol–water partition coefficient (Wildman–Crippen LogP) is 3.61. The largest absolute Gasteiger partial charge is 0.494 e. The lowest BCUT2D eigenvalue weighted by Crippen LogP contribution is -2.61. The van der Waals surface area contributed by atoms with E-state index in [1.54, 1.807) is 12.1 Å². The van der Waals surface area contributed by atoms with Crippen molar-refractivity contribution in [2.75, 3.05) is 36.5 Å². The maximum absolute atomic E-state index is 14.2. The quantitative estimate of drug-likeness (QED) is 0.661. The summed E-state index contributed by atoms with van der Waals surface area (Å²) >= 11 is 0. The van der Waals surface area contributed by atoms with E-state index in [0.717, 1.165) is 63.2 Å². The second kappa shape index (κ2) is 8.91. The Labute approximate surface area is 211 Å². The molecule has 36 heavy (non-hydrogen) atoms. The first-order valence-corrected chi connectivity index (χ1v) is 13.2. The number of methoxy groups -OCH3 is 1. The van der Waals surface area contributed by atoms with Crippen LogP contribution in [0, 0.1) is 23.6 Å². The summed E-state index contributed by atoms with van der Waals surface area (Å²) in [6.07, 6.45) is 4.76. The van der Waals surface area contributed by atoms with Gasteiger partial charge >= 0.3 is 0 Å². The van der Waals surface area contributed by atoms with Gasteiger partial charge in [-0.05, 0) is 81.0 Å². The zero-order valence-corrected chi connectivity index (χ0v) is 21.0. The summed E-state index contributed by atoms with van der Waals surface area (Å²) in [6.45, 7) is 4.29. The Bertz CT molecular complexity index is 1140. The number of anilines is 2. The van der Waals surface area contributed by atoms with Crippen LogP contribution >= 0.6 is 0 Å². The van der Waals surface area contributed by atoms with Crippen molar-refractivity contribution in [3.8, 4) is 5.75 Å². The molecule has 2 N–H and O–H groups in total. The summed E-state index contributed by atoms with van der Waals surface area (Å²) in [6, 6.07) is 11.0. The van der Waals surface area contributed by atoms with Gasteiger partial charge in [-0.25, -0.2) is 9.37 Å². The molecule has 4 saturated carbocycles. The van der Waals surface area contributed by atoms with E-state index in [0.29, 0.717) is 23.4 Å². The molecule has 192 valence electrons. The lowest BCUT2D eigenvalue weighted by atomic mass is 9.52. The second-order valence-corrected chi connectivity index (χ2v) is 11.4. The molecule has 0 spiro atoms. The molecule has 1 aliphatic heterocycles. The van der Waals surface area contributed by atoms with E-state index in [4.69, 9.17) is 9.72 Å². The maximum atomic E-state index is 14.2. The number of carbonyl (C=O) groups is 1. The molecule has 4 bridgehead atoms. The number of piperazine rings is 1. The van der Waals surface area contributed by atoms with Crippen LogP contribution in [0.5, 0.6) is 5.75 Å². The third kappa shape index (κ3) is 4.19.